The largest absolute Gasteiger partial charge is 0.496 e. The van der Waals surface area contributed by atoms with Crippen LogP contribution in [0.1, 0.15) is 30.9 Å². The molecule has 0 radical (unpaired) electrons. The fourth-order valence-electron chi connectivity index (χ4n) is 2.06. The number of rotatable bonds is 9. The van der Waals surface area contributed by atoms with Gasteiger partial charge in [0.1, 0.15) is 5.75 Å². The monoisotopic (exact) mass is 294 g/mol. The molecule has 21 heavy (non-hydrogen) atoms. The SMILES string of the molecule is COc1ccccc1C(O)[C@@H](CO)C/C=C\CCC(=O)O. The molecule has 0 aliphatic rings. The highest BCUT2D eigenvalue weighted by Gasteiger charge is 2.21. The first-order valence-electron chi connectivity index (χ1n) is 6.88. The van der Waals surface area contributed by atoms with Gasteiger partial charge < -0.3 is 20.1 Å². The van der Waals surface area contributed by atoms with E-state index in [1.807, 2.05) is 6.07 Å². The van der Waals surface area contributed by atoms with Crippen LogP contribution >= 0.6 is 0 Å². The van der Waals surface area contributed by atoms with Crippen molar-refractivity contribution in [3.63, 3.8) is 0 Å². The number of carboxylic acid groups (broad SMARTS) is 1. The lowest BCUT2D eigenvalue weighted by Crippen LogP contribution is -2.16. The number of carbonyl (C=O) groups is 1. The zero-order valence-electron chi connectivity index (χ0n) is 12.1. The first kappa shape index (κ1) is 17.2. The van der Waals surface area contributed by atoms with Crippen molar-refractivity contribution in [2.24, 2.45) is 5.92 Å². The van der Waals surface area contributed by atoms with Crippen molar-refractivity contribution in [3.8, 4) is 5.75 Å². The second-order valence-electron chi connectivity index (χ2n) is 4.77. The van der Waals surface area contributed by atoms with E-state index in [-0.39, 0.29) is 18.9 Å². The van der Waals surface area contributed by atoms with Crippen molar-refractivity contribution in [1.82, 2.24) is 0 Å². The summed E-state index contributed by atoms with van der Waals surface area (Å²) in [4.78, 5) is 10.4. The Bertz CT molecular complexity index is 469. The Hall–Kier alpha value is -1.85. The van der Waals surface area contributed by atoms with Gasteiger partial charge in [0.25, 0.3) is 0 Å². The third kappa shape index (κ3) is 5.57. The molecule has 0 fully saturated rings. The minimum absolute atomic E-state index is 0.0787. The third-order valence-corrected chi connectivity index (χ3v) is 3.27. The van der Waals surface area contributed by atoms with E-state index < -0.39 is 12.1 Å². The van der Waals surface area contributed by atoms with Gasteiger partial charge in [-0.3, -0.25) is 4.79 Å². The molecule has 0 spiro atoms. The van der Waals surface area contributed by atoms with Crippen LogP contribution in [-0.2, 0) is 4.79 Å². The molecule has 0 saturated heterocycles. The second-order valence-corrected chi connectivity index (χ2v) is 4.77. The number of ether oxygens (including phenoxy) is 1. The maximum absolute atomic E-state index is 10.4. The number of carboxylic acids is 1. The first-order valence-corrected chi connectivity index (χ1v) is 6.88. The van der Waals surface area contributed by atoms with Crippen LogP contribution in [0.4, 0.5) is 0 Å². The summed E-state index contributed by atoms with van der Waals surface area (Å²) in [7, 11) is 1.53. The molecule has 5 heteroatoms. The molecular weight excluding hydrogens is 272 g/mol. The molecule has 1 aromatic rings. The Morgan fingerprint density at radius 2 is 2.05 bits per heavy atom. The Morgan fingerprint density at radius 1 is 1.33 bits per heavy atom. The summed E-state index contributed by atoms with van der Waals surface area (Å²) in [5, 5.41) is 28.3. The average Bonchev–Trinajstić information content (AvgIpc) is 2.50. The van der Waals surface area contributed by atoms with Gasteiger partial charge in [0.05, 0.1) is 13.2 Å². The highest BCUT2D eigenvalue weighted by molar-refractivity contribution is 5.66. The molecule has 0 amide bonds. The molecule has 5 nitrogen and oxygen atoms in total. The van der Waals surface area contributed by atoms with Crippen LogP contribution in [0, 0.1) is 5.92 Å². The van der Waals surface area contributed by atoms with Crippen LogP contribution in [0.25, 0.3) is 0 Å². The normalized spacial score (nSPS) is 14.0. The van der Waals surface area contributed by atoms with Crippen molar-refractivity contribution < 1.29 is 24.9 Å². The van der Waals surface area contributed by atoms with Crippen LogP contribution in [0.5, 0.6) is 5.75 Å². The molecule has 1 aromatic carbocycles. The van der Waals surface area contributed by atoms with E-state index in [2.05, 4.69) is 0 Å². The van der Waals surface area contributed by atoms with Gasteiger partial charge in [0, 0.05) is 24.5 Å². The van der Waals surface area contributed by atoms with Crippen molar-refractivity contribution >= 4 is 5.97 Å². The molecule has 3 N–H and O–H groups in total. The smallest absolute Gasteiger partial charge is 0.303 e. The Morgan fingerprint density at radius 3 is 2.67 bits per heavy atom. The number of methoxy groups -OCH3 is 1. The van der Waals surface area contributed by atoms with E-state index in [9.17, 15) is 15.0 Å². The molecule has 0 heterocycles. The Kier molecular flexibility index (Phi) is 7.50. The van der Waals surface area contributed by atoms with Crippen molar-refractivity contribution in [2.75, 3.05) is 13.7 Å². The molecule has 1 rings (SSSR count). The van der Waals surface area contributed by atoms with E-state index in [1.165, 1.54) is 7.11 Å². The van der Waals surface area contributed by atoms with Gasteiger partial charge >= 0.3 is 5.97 Å². The van der Waals surface area contributed by atoms with Gasteiger partial charge in [0.15, 0.2) is 0 Å². The Balaban J connectivity index is 2.64. The maximum Gasteiger partial charge on any atom is 0.303 e. The summed E-state index contributed by atoms with van der Waals surface area (Å²) in [6, 6.07) is 7.14. The predicted molar refractivity (Wildman–Crippen MR) is 79.2 cm³/mol. The van der Waals surface area contributed by atoms with E-state index >= 15 is 0 Å². The summed E-state index contributed by atoms with van der Waals surface area (Å²) in [5.74, 6) is -0.618. The fraction of sp³-hybridized carbons (Fsp3) is 0.438. The maximum atomic E-state index is 10.4. The first-order chi connectivity index (χ1) is 10.1. The van der Waals surface area contributed by atoms with Gasteiger partial charge in [-0.2, -0.15) is 0 Å². The molecule has 1 unspecified atom stereocenters. The van der Waals surface area contributed by atoms with Gasteiger partial charge in [-0.25, -0.2) is 0 Å². The van der Waals surface area contributed by atoms with Crippen LogP contribution in [0.15, 0.2) is 36.4 Å². The number of para-hydroxylation sites is 1. The number of aliphatic hydroxyl groups excluding tert-OH is 2. The zero-order chi connectivity index (χ0) is 15.7. The molecule has 0 aliphatic heterocycles. The summed E-state index contributed by atoms with van der Waals surface area (Å²) in [5.41, 5.74) is 0.637. The molecule has 0 saturated carbocycles. The molecular formula is C16H22O5. The van der Waals surface area contributed by atoms with E-state index in [4.69, 9.17) is 9.84 Å². The third-order valence-electron chi connectivity index (χ3n) is 3.27. The number of hydrogen-bond donors (Lipinski definition) is 3. The minimum atomic E-state index is -0.840. The lowest BCUT2D eigenvalue weighted by Gasteiger charge is -2.21. The van der Waals surface area contributed by atoms with E-state index in [0.29, 0.717) is 24.2 Å². The molecule has 0 aliphatic carbocycles. The number of aliphatic carboxylic acids is 1. The zero-order valence-corrected chi connectivity index (χ0v) is 12.1. The van der Waals surface area contributed by atoms with Crippen LogP contribution in [0.3, 0.4) is 0 Å². The topological polar surface area (TPSA) is 87.0 Å². The number of benzene rings is 1. The molecule has 0 aromatic heterocycles. The second kappa shape index (κ2) is 9.15. The van der Waals surface area contributed by atoms with Gasteiger partial charge in [-0.15, -0.1) is 0 Å². The quantitative estimate of drug-likeness (QED) is 0.607. The van der Waals surface area contributed by atoms with Gasteiger partial charge in [0.2, 0.25) is 0 Å². The van der Waals surface area contributed by atoms with Gasteiger partial charge in [-0.1, -0.05) is 30.4 Å². The molecule has 2 atom stereocenters. The Labute approximate surface area is 124 Å². The van der Waals surface area contributed by atoms with Crippen LogP contribution in [-0.4, -0.2) is 35.0 Å². The highest BCUT2D eigenvalue weighted by Crippen LogP contribution is 2.31. The van der Waals surface area contributed by atoms with Crippen molar-refractivity contribution in [3.05, 3.63) is 42.0 Å². The average molecular weight is 294 g/mol. The summed E-state index contributed by atoms with van der Waals surface area (Å²) >= 11 is 0. The standard InChI is InChI=1S/C16H22O5/c1-21-14-9-6-5-8-13(14)16(20)12(11-17)7-3-2-4-10-15(18)19/h2-3,5-6,8-9,12,16-17,20H,4,7,10-11H2,1H3,(H,18,19)/b3-2-/t12-,16?/m1/s1. The van der Waals surface area contributed by atoms with Crippen LogP contribution < -0.4 is 4.74 Å². The lowest BCUT2D eigenvalue weighted by molar-refractivity contribution is -0.136. The van der Waals surface area contributed by atoms with E-state index in [0.717, 1.165) is 0 Å². The van der Waals surface area contributed by atoms with Crippen LogP contribution in [0.2, 0.25) is 0 Å². The summed E-state index contributed by atoms with van der Waals surface area (Å²) in [6.45, 7) is -0.164. The number of aliphatic hydroxyl groups is 2. The highest BCUT2D eigenvalue weighted by atomic mass is 16.5. The summed E-state index contributed by atoms with van der Waals surface area (Å²) < 4.78 is 5.21. The van der Waals surface area contributed by atoms with Crippen molar-refractivity contribution in [1.29, 1.82) is 0 Å². The van der Waals surface area contributed by atoms with Gasteiger partial charge in [-0.05, 0) is 18.9 Å². The molecule has 0 bridgehead atoms. The number of allylic oxidation sites excluding steroid dienone is 2. The van der Waals surface area contributed by atoms with E-state index in [1.54, 1.807) is 30.4 Å². The molecule has 116 valence electrons. The lowest BCUT2D eigenvalue weighted by atomic mass is 9.92. The predicted octanol–water partition coefficient (Wildman–Crippen LogP) is 2.15. The van der Waals surface area contributed by atoms with Crippen molar-refractivity contribution in [2.45, 2.75) is 25.4 Å². The minimum Gasteiger partial charge on any atom is -0.496 e. The fourth-order valence-corrected chi connectivity index (χ4v) is 2.06. The number of hydrogen-bond acceptors (Lipinski definition) is 4. The summed E-state index contributed by atoms with van der Waals surface area (Å²) in [6.07, 6.45) is 3.70.